The molecule has 0 bridgehead atoms. The normalized spacial score (nSPS) is 12.8. The van der Waals surface area contributed by atoms with E-state index in [1.54, 1.807) is 0 Å². The maximum atomic E-state index is 13.4. The van der Waals surface area contributed by atoms with E-state index in [9.17, 15) is 18.3 Å². The number of halogens is 4. The highest BCUT2D eigenvalue weighted by Crippen LogP contribution is 2.28. The van der Waals surface area contributed by atoms with Gasteiger partial charge < -0.3 is 9.52 Å². The second-order valence-corrected chi connectivity index (χ2v) is 4.11. The molecule has 6 heteroatoms. The predicted molar refractivity (Wildman–Crippen MR) is 56.8 cm³/mol. The van der Waals surface area contributed by atoms with Gasteiger partial charge in [0.1, 0.15) is 17.7 Å². The summed E-state index contributed by atoms with van der Waals surface area (Å²) in [4.78, 5) is 0. The summed E-state index contributed by atoms with van der Waals surface area (Å²) >= 11 is 3.01. The molecule has 0 amide bonds. The van der Waals surface area contributed by atoms with E-state index in [0.29, 0.717) is 16.8 Å². The van der Waals surface area contributed by atoms with Crippen molar-refractivity contribution < 1.29 is 22.7 Å². The van der Waals surface area contributed by atoms with Gasteiger partial charge in [0.05, 0.1) is 0 Å². The Kier molecular flexibility index (Phi) is 3.26. The van der Waals surface area contributed by atoms with Crippen LogP contribution in [0, 0.1) is 17.5 Å². The first-order valence-electron chi connectivity index (χ1n) is 4.57. The van der Waals surface area contributed by atoms with Gasteiger partial charge in [0, 0.05) is 11.6 Å². The zero-order chi connectivity index (χ0) is 12.6. The van der Waals surface area contributed by atoms with Gasteiger partial charge in [-0.15, -0.1) is 0 Å². The highest BCUT2D eigenvalue weighted by Gasteiger charge is 2.20. The van der Waals surface area contributed by atoms with Crippen LogP contribution in [0.15, 0.2) is 33.4 Å². The summed E-state index contributed by atoms with van der Waals surface area (Å²) in [5.74, 6) is -3.55. The van der Waals surface area contributed by atoms with Crippen molar-refractivity contribution in [1.29, 1.82) is 0 Å². The average molecular weight is 307 g/mol. The van der Waals surface area contributed by atoms with Crippen LogP contribution in [-0.2, 0) is 0 Å². The molecule has 1 atom stereocenters. The van der Waals surface area contributed by atoms with Crippen LogP contribution in [0.3, 0.4) is 0 Å². The molecule has 0 aliphatic heterocycles. The third-order valence-corrected chi connectivity index (χ3v) is 2.62. The molecular formula is C11H6BrF3O2. The Morgan fingerprint density at radius 1 is 1.06 bits per heavy atom. The highest BCUT2D eigenvalue weighted by molar-refractivity contribution is 9.10. The van der Waals surface area contributed by atoms with Crippen molar-refractivity contribution in [2.75, 3.05) is 0 Å². The van der Waals surface area contributed by atoms with Gasteiger partial charge in [0.2, 0.25) is 0 Å². The van der Waals surface area contributed by atoms with Crippen molar-refractivity contribution in [3.05, 3.63) is 57.7 Å². The molecule has 1 aromatic heterocycles. The molecule has 1 unspecified atom stereocenters. The SMILES string of the molecule is OC(c1ccc(Br)o1)c1cc(F)c(F)cc1F. The third kappa shape index (κ3) is 2.37. The third-order valence-electron chi connectivity index (χ3n) is 2.20. The fourth-order valence-corrected chi connectivity index (χ4v) is 1.70. The van der Waals surface area contributed by atoms with E-state index in [1.165, 1.54) is 12.1 Å². The van der Waals surface area contributed by atoms with Crippen molar-refractivity contribution >= 4 is 15.9 Å². The number of rotatable bonds is 2. The van der Waals surface area contributed by atoms with E-state index in [0.717, 1.165) is 0 Å². The quantitative estimate of drug-likeness (QED) is 0.861. The van der Waals surface area contributed by atoms with E-state index in [-0.39, 0.29) is 11.3 Å². The molecule has 2 aromatic rings. The van der Waals surface area contributed by atoms with Crippen LogP contribution in [0.5, 0.6) is 0 Å². The van der Waals surface area contributed by atoms with Crippen molar-refractivity contribution in [3.8, 4) is 0 Å². The number of aliphatic hydroxyl groups is 1. The summed E-state index contributed by atoms with van der Waals surface area (Å²) in [5.41, 5.74) is -0.384. The summed E-state index contributed by atoms with van der Waals surface area (Å²) in [7, 11) is 0. The first-order valence-corrected chi connectivity index (χ1v) is 5.36. The number of benzene rings is 1. The number of hydrogen-bond donors (Lipinski definition) is 1. The Balaban J connectivity index is 2.43. The lowest BCUT2D eigenvalue weighted by Crippen LogP contribution is -2.03. The van der Waals surface area contributed by atoms with Gasteiger partial charge in [-0.25, -0.2) is 13.2 Å². The lowest BCUT2D eigenvalue weighted by Gasteiger charge is -2.09. The second-order valence-electron chi connectivity index (χ2n) is 3.33. The second kappa shape index (κ2) is 4.54. The summed E-state index contributed by atoms with van der Waals surface area (Å²) in [6.45, 7) is 0. The molecule has 17 heavy (non-hydrogen) atoms. The van der Waals surface area contributed by atoms with Gasteiger partial charge >= 0.3 is 0 Å². The Morgan fingerprint density at radius 2 is 1.71 bits per heavy atom. The van der Waals surface area contributed by atoms with Crippen LogP contribution >= 0.6 is 15.9 Å². The van der Waals surface area contributed by atoms with E-state index in [2.05, 4.69) is 15.9 Å². The molecule has 1 N–H and O–H groups in total. The van der Waals surface area contributed by atoms with Crippen molar-refractivity contribution in [1.82, 2.24) is 0 Å². The zero-order valence-electron chi connectivity index (χ0n) is 8.25. The minimum Gasteiger partial charge on any atom is -0.451 e. The predicted octanol–water partition coefficient (Wildman–Crippen LogP) is 3.54. The number of hydrogen-bond acceptors (Lipinski definition) is 2. The van der Waals surface area contributed by atoms with Gasteiger partial charge in [-0.1, -0.05) is 0 Å². The standard InChI is InChI=1S/C11H6BrF3O2/c12-10-2-1-9(17-10)11(16)5-3-7(14)8(15)4-6(5)13/h1-4,11,16H. The molecule has 0 saturated carbocycles. The van der Waals surface area contributed by atoms with E-state index in [1.807, 2.05) is 0 Å². The first-order chi connectivity index (χ1) is 7.99. The molecule has 0 aliphatic rings. The number of furan rings is 1. The summed E-state index contributed by atoms with van der Waals surface area (Å²) < 4.78 is 44.4. The fraction of sp³-hybridized carbons (Fsp3) is 0.0909. The molecule has 0 spiro atoms. The monoisotopic (exact) mass is 306 g/mol. The molecule has 0 saturated heterocycles. The Labute approximate surface area is 103 Å². The Morgan fingerprint density at radius 3 is 2.29 bits per heavy atom. The van der Waals surface area contributed by atoms with Crippen LogP contribution in [0.25, 0.3) is 0 Å². The van der Waals surface area contributed by atoms with Crippen LogP contribution in [0.1, 0.15) is 17.4 Å². The van der Waals surface area contributed by atoms with Crippen LogP contribution in [0.2, 0.25) is 0 Å². The summed E-state index contributed by atoms with van der Waals surface area (Å²) in [5, 5.41) is 9.76. The molecule has 0 radical (unpaired) electrons. The first kappa shape index (κ1) is 12.2. The van der Waals surface area contributed by atoms with E-state index >= 15 is 0 Å². The maximum Gasteiger partial charge on any atom is 0.169 e. The van der Waals surface area contributed by atoms with Gasteiger partial charge in [0.25, 0.3) is 0 Å². The lowest BCUT2D eigenvalue weighted by molar-refractivity contribution is 0.182. The molecule has 2 rings (SSSR count). The summed E-state index contributed by atoms with van der Waals surface area (Å²) in [6, 6.07) is 3.88. The van der Waals surface area contributed by atoms with Crippen LogP contribution < -0.4 is 0 Å². The molecule has 1 heterocycles. The van der Waals surface area contributed by atoms with Crippen LogP contribution in [0.4, 0.5) is 13.2 Å². The maximum absolute atomic E-state index is 13.4. The molecule has 90 valence electrons. The summed E-state index contributed by atoms with van der Waals surface area (Å²) in [6.07, 6.45) is -1.49. The minimum absolute atomic E-state index is 0.0294. The van der Waals surface area contributed by atoms with E-state index in [4.69, 9.17) is 4.42 Å². The zero-order valence-corrected chi connectivity index (χ0v) is 9.84. The Bertz CT molecular complexity index is 554. The van der Waals surface area contributed by atoms with Crippen molar-refractivity contribution in [2.45, 2.75) is 6.10 Å². The van der Waals surface area contributed by atoms with Gasteiger partial charge in [0.15, 0.2) is 16.3 Å². The van der Waals surface area contributed by atoms with Crippen molar-refractivity contribution in [3.63, 3.8) is 0 Å². The van der Waals surface area contributed by atoms with Crippen molar-refractivity contribution in [2.24, 2.45) is 0 Å². The van der Waals surface area contributed by atoms with Gasteiger partial charge in [-0.2, -0.15) is 0 Å². The Hall–Kier alpha value is -1.27. The smallest absolute Gasteiger partial charge is 0.169 e. The number of aliphatic hydroxyl groups excluding tert-OH is 1. The van der Waals surface area contributed by atoms with Gasteiger partial charge in [-0.05, 0) is 34.1 Å². The van der Waals surface area contributed by atoms with E-state index < -0.39 is 23.6 Å². The average Bonchev–Trinajstić information content (AvgIpc) is 2.69. The van der Waals surface area contributed by atoms with Crippen LogP contribution in [-0.4, -0.2) is 5.11 Å². The largest absolute Gasteiger partial charge is 0.451 e. The lowest BCUT2D eigenvalue weighted by atomic mass is 10.1. The molecular weight excluding hydrogens is 301 g/mol. The highest BCUT2D eigenvalue weighted by atomic mass is 79.9. The topological polar surface area (TPSA) is 33.4 Å². The molecule has 0 fully saturated rings. The molecule has 2 nitrogen and oxygen atoms in total. The minimum atomic E-state index is -1.49. The van der Waals surface area contributed by atoms with Gasteiger partial charge in [-0.3, -0.25) is 0 Å². The fourth-order valence-electron chi connectivity index (χ4n) is 1.38. The molecule has 0 aliphatic carbocycles. The molecule has 1 aromatic carbocycles.